The van der Waals surface area contributed by atoms with Gasteiger partial charge < -0.3 is 10.2 Å². The van der Waals surface area contributed by atoms with Gasteiger partial charge in [0.25, 0.3) is 0 Å². The summed E-state index contributed by atoms with van der Waals surface area (Å²) in [5.74, 6) is 0.702. The van der Waals surface area contributed by atoms with E-state index in [9.17, 15) is 4.79 Å². The van der Waals surface area contributed by atoms with Gasteiger partial charge in [0.2, 0.25) is 0 Å². The van der Waals surface area contributed by atoms with Crippen molar-refractivity contribution < 1.29 is 4.79 Å². The quantitative estimate of drug-likeness (QED) is 0.773. The second-order valence-corrected chi connectivity index (χ2v) is 4.53. The summed E-state index contributed by atoms with van der Waals surface area (Å²) in [6.45, 7) is 3.50. The Bertz CT molecular complexity index is 377. The van der Waals surface area contributed by atoms with Gasteiger partial charge in [-0.15, -0.1) is 0 Å². The van der Waals surface area contributed by atoms with E-state index in [4.69, 9.17) is 0 Å². The lowest BCUT2D eigenvalue weighted by molar-refractivity contribution is 0.220. The van der Waals surface area contributed by atoms with Crippen LogP contribution in [0.5, 0.6) is 0 Å². The Kier molecular flexibility index (Phi) is 3.39. The first-order chi connectivity index (χ1) is 7.70. The van der Waals surface area contributed by atoms with Crippen LogP contribution in [0.4, 0.5) is 4.79 Å². The second-order valence-electron chi connectivity index (χ2n) is 4.08. The molecule has 0 saturated carbocycles. The minimum absolute atomic E-state index is 0.0135. The molecule has 1 aromatic carbocycles. The van der Waals surface area contributed by atoms with Crippen molar-refractivity contribution in [1.82, 2.24) is 10.2 Å². The fourth-order valence-electron chi connectivity index (χ4n) is 1.89. The van der Waals surface area contributed by atoms with Gasteiger partial charge in [-0.1, -0.05) is 29.8 Å². The number of nitrogens with zero attached hydrogens (tertiary/aromatic N) is 1. The van der Waals surface area contributed by atoms with Crippen LogP contribution in [0.1, 0.15) is 17.2 Å². The van der Waals surface area contributed by atoms with Gasteiger partial charge in [-0.2, -0.15) is 12.6 Å². The van der Waals surface area contributed by atoms with Crippen molar-refractivity contribution in [2.45, 2.75) is 13.0 Å². The summed E-state index contributed by atoms with van der Waals surface area (Å²) in [6.07, 6.45) is 0. The van der Waals surface area contributed by atoms with Crippen molar-refractivity contribution in [1.29, 1.82) is 0 Å². The number of thiol groups is 1. The van der Waals surface area contributed by atoms with Crippen molar-refractivity contribution in [2.75, 3.05) is 18.8 Å². The predicted molar refractivity (Wildman–Crippen MR) is 67.9 cm³/mol. The summed E-state index contributed by atoms with van der Waals surface area (Å²) in [4.78, 5) is 13.4. The minimum atomic E-state index is 0.0135. The molecule has 0 spiro atoms. The zero-order chi connectivity index (χ0) is 11.5. The molecule has 2 rings (SSSR count). The van der Waals surface area contributed by atoms with Gasteiger partial charge in [0.15, 0.2) is 0 Å². The molecular formula is C12H16N2OS. The topological polar surface area (TPSA) is 32.3 Å². The first kappa shape index (κ1) is 11.3. The molecule has 16 heavy (non-hydrogen) atoms. The van der Waals surface area contributed by atoms with Crippen molar-refractivity contribution in [3.63, 3.8) is 0 Å². The lowest BCUT2D eigenvalue weighted by atomic mass is 10.1. The number of hydrogen-bond donors (Lipinski definition) is 2. The molecule has 1 saturated heterocycles. The normalized spacial score (nSPS) is 20.0. The van der Waals surface area contributed by atoms with E-state index in [1.54, 1.807) is 4.90 Å². The third-order valence-electron chi connectivity index (χ3n) is 2.84. The molecule has 1 aromatic rings. The van der Waals surface area contributed by atoms with E-state index in [0.29, 0.717) is 12.3 Å². The maximum absolute atomic E-state index is 11.6. The SMILES string of the molecule is Cc1ccc(C2CN(CCS)C(=O)N2)cc1. The number of nitrogens with one attached hydrogen (secondary N) is 1. The van der Waals surface area contributed by atoms with Crippen LogP contribution >= 0.6 is 12.6 Å². The molecule has 1 fully saturated rings. The molecule has 1 atom stereocenters. The van der Waals surface area contributed by atoms with E-state index in [-0.39, 0.29) is 12.1 Å². The highest BCUT2D eigenvalue weighted by Gasteiger charge is 2.28. The lowest BCUT2D eigenvalue weighted by Gasteiger charge is -2.12. The summed E-state index contributed by atoms with van der Waals surface area (Å²) < 4.78 is 0. The third kappa shape index (κ3) is 2.32. The molecule has 2 amide bonds. The monoisotopic (exact) mass is 236 g/mol. The Morgan fingerprint density at radius 2 is 2.12 bits per heavy atom. The summed E-state index contributed by atoms with van der Waals surface area (Å²) >= 11 is 4.15. The molecule has 1 heterocycles. The van der Waals surface area contributed by atoms with Gasteiger partial charge >= 0.3 is 6.03 Å². The van der Waals surface area contributed by atoms with Gasteiger partial charge in [-0.05, 0) is 12.5 Å². The smallest absolute Gasteiger partial charge is 0.318 e. The van der Waals surface area contributed by atoms with Gasteiger partial charge in [0.1, 0.15) is 0 Å². The molecule has 0 aromatic heterocycles. The number of urea groups is 1. The summed E-state index contributed by atoms with van der Waals surface area (Å²) in [6, 6.07) is 8.42. The van der Waals surface area contributed by atoms with Crippen LogP contribution < -0.4 is 5.32 Å². The number of hydrogen-bond acceptors (Lipinski definition) is 2. The van der Waals surface area contributed by atoms with Crippen LogP contribution in [0.25, 0.3) is 0 Å². The van der Waals surface area contributed by atoms with Crippen LogP contribution in [0, 0.1) is 6.92 Å². The van der Waals surface area contributed by atoms with Crippen LogP contribution in [-0.4, -0.2) is 29.8 Å². The molecule has 3 nitrogen and oxygen atoms in total. The summed E-state index contributed by atoms with van der Waals surface area (Å²) in [5, 5.41) is 2.98. The number of amides is 2. The fraction of sp³-hybridized carbons (Fsp3) is 0.417. The fourth-order valence-corrected chi connectivity index (χ4v) is 2.13. The Hall–Kier alpha value is -1.16. The highest BCUT2D eigenvalue weighted by atomic mass is 32.1. The molecule has 86 valence electrons. The van der Waals surface area contributed by atoms with E-state index in [2.05, 4.69) is 49.1 Å². The van der Waals surface area contributed by atoms with E-state index in [1.807, 2.05) is 0 Å². The maximum atomic E-state index is 11.6. The third-order valence-corrected chi connectivity index (χ3v) is 3.04. The highest BCUT2D eigenvalue weighted by molar-refractivity contribution is 7.80. The molecule has 1 N–H and O–H groups in total. The first-order valence-electron chi connectivity index (χ1n) is 5.43. The van der Waals surface area contributed by atoms with Crippen LogP contribution in [0.3, 0.4) is 0 Å². The molecule has 0 aliphatic carbocycles. The van der Waals surface area contributed by atoms with Crippen molar-refractivity contribution >= 4 is 18.7 Å². The van der Waals surface area contributed by atoms with Crippen LogP contribution in [0.15, 0.2) is 24.3 Å². The molecular weight excluding hydrogens is 220 g/mol. The van der Waals surface area contributed by atoms with E-state index >= 15 is 0 Å². The van der Waals surface area contributed by atoms with Crippen LogP contribution in [-0.2, 0) is 0 Å². The number of rotatable bonds is 3. The zero-order valence-electron chi connectivity index (χ0n) is 9.31. The van der Waals surface area contributed by atoms with Crippen molar-refractivity contribution in [3.8, 4) is 0 Å². The molecule has 0 radical (unpaired) electrons. The van der Waals surface area contributed by atoms with Crippen LogP contribution in [0.2, 0.25) is 0 Å². The van der Waals surface area contributed by atoms with E-state index in [1.165, 1.54) is 11.1 Å². The Morgan fingerprint density at radius 3 is 2.75 bits per heavy atom. The zero-order valence-corrected chi connectivity index (χ0v) is 10.2. The number of benzene rings is 1. The van der Waals surface area contributed by atoms with E-state index in [0.717, 1.165) is 6.54 Å². The molecule has 4 heteroatoms. The second kappa shape index (κ2) is 4.78. The Balaban J connectivity index is 2.07. The highest BCUT2D eigenvalue weighted by Crippen LogP contribution is 2.20. The predicted octanol–water partition coefficient (Wildman–Crippen LogP) is 1.99. The minimum Gasteiger partial charge on any atom is -0.329 e. The molecule has 1 aliphatic heterocycles. The number of aryl methyl sites for hydroxylation is 1. The van der Waals surface area contributed by atoms with Gasteiger partial charge in [-0.3, -0.25) is 0 Å². The van der Waals surface area contributed by atoms with Crippen molar-refractivity contribution in [3.05, 3.63) is 35.4 Å². The summed E-state index contributed by atoms with van der Waals surface area (Å²) in [5.41, 5.74) is 2.40. The molecule has 1 aliphatic rings. The van der Waals surface area contributed by atoms with Gasteiger partial charge in [0.05, 0.1) is 6.04 Å². The average Bonchev–Trinajstić information content (AvgIpc) is 2.62. The largest absolute Gasteiger partial charge is 0.329 e. The molecule has 0 bridgehead atoms. The van der Waals surface area contributed by atoms with Gasteiger partial charge in [-0.25, -0.2) is 4.79 Å². The Morgan fingerprint density at radius 1 is 1.44 bits per heavy atom. The average molecular weight is 236 g/mol. The standard InChI is InChI=1S/C12H16N2OS/c1-9-2-4-10(5-3-9)11-8-14(6-7-16)12(15)13-11/h2-5,11,16H,6-8H2,1H3,(H,13,15). The maximum Gasteiger partial charge on any atom is 0.318 e. The number of carbonyl (C=O) groups excluding carboxylic acids is 1. The first-order valence-corrected chi connectivity index (χ1v) is 6.07. The number of carbonyl (C=O) groups is 1. The van der Waals surface area contributed by atoms with E-state index < -0.39 is 0 Å². The molecule has 1 unspecified atom stereocenters. The summed E-state index contributed by atoms with van der Waals surface area (Å²) in [7, 11) is 0. The van der Waals surface area contributed by atoms with Gasteiger partial charge in [0, 0.05) is 18.8 Å². The Labute approximate surface area is 101 Å². The lowest BCUT2D eigenvalue weighted by Crippen LogP contribution is -2.29. The van der Waals surface area contributed by atoms with Crippen molar-refractivity contribution in [2.24, 2.45) is 0 Å².